The summed E-state index contributed by atoms with van der Waals surface area (Å²) >= 11 is 0. The SMILES string of the molecule is CC[C@@H](C)N(CC(=O)N(Cc1cccn1C)C1CC1)C(=O)Nc1ccccc1OC. The number of aromatic nitrogens is 1. The lowest BCUT2D eigenvalue weighted by molar-refractivity contribution is -0.133. The molecule has 3 amide bonds. The van der Waals surface area contributed by atoms with Gasteiger partial charge in [-0.05, 0) is 50.5 Å². The average molecular weight is 413 g/mol. The van der Waals surface area contributed by atoms with Crippen LogP contribution < -0.4 is 10.1 Å². The molecule has 30 heavy (non-hydrogen) atoms. The second kappa shape index (κ2) is 9.69. The Hall–Kier alpha value is -2.96. The van der Waals surface area contributed by atoms with Crippen molar-refractivity contribution in [2.24, 2.45) is 7.05 Å². The molecule has 1 aliphatic carbocycles. The maximum atomic E-state index is 13.2. The molecule has 0 spiro atoms. The topological polar surface area (TPSA) is 66.8 Å². The number of benzene rings is 1. The molecule has 1 aliphatic rings. The molecule has 0 unspecified atom stereocenters. The van der Waals surface area contributed by atoms with Crippen LogP contribution in [0.25, 0.3) is 0 Å². The minimum atomic E-state index is -0.295. The number of nitrogens with zero attached hydrogens (tertiary/aromatic N) is 3. The molecule has 7 heteroatoms. The van der Waals surface area contributed by atoms with Crippen LogP contribution in [0.15, 0.2) is 42.6 Å². The van der Waals surface area contributed by atoms with Gasteiger partial charge >= 0.3 is 6.03 Å². The third-order valence-electron chi connectivity index (χ3n) is 5.73. The number of ether oxygens (including phenoxy) is 1. The summed E-state index contributed by atoms with van der Waals surface area (Å²) in [7, 11) is 3.55. The molecular weight excluding hydrogens is 380 g/mol. The van der Waals surface area contributed by atoms with E-state index in [-0.39, 0.29) is 30.6 Å². The highest BCUT2D eigenvalue weighted by molar-refractivity contribution is 5.93. The van der Waals surface area contributed by atoms with Crippen LogP contribution in [0.5, 0.6) is 5.75 Å². The molecule has 162 valence electrons. The minimum absolute atomic E-state index is 0.0193. The first kappa shape index (κ1) is 21.7. The van der Waals surface area contributed by atoms with Crippen molar-refractivity contribution < 1.29 is 14.3 Å². The van der Waals surface area contributed by atoms with Gasteiger partial charge in [-0.2, -0.15) is 0 Å². The lowest BCUT2D eigenvalue weighted by Gasteiger charge is -2.31. The van der Waals surface area contributed by atoms with Crippen LogP contribution in [0.4, 0.5) is 10.5 Å². The van der Waals surface area contributed by atoms with E-state index in [0.717, 1.165) is 25.0 Å². The summed E-state index contributed by atoms with van der Waals surface area (Å²) in [5.41, 5.74) is 1.68. The van der Waals surface area contributed by atoms with Crippen LogP contribution in [0, 0.1) is 0 Å². The van der Waals surface area contributed by atoms with Gasteiger partial charge in [0.15, 0.2) is 0 Å². The van der Waals surface area contributed by atoms with E-state index in [2.05, 4.69) is 5.32 Å². The first-order chi connectivity index (χ1) is 14.4. The number of carbonyl (C=O) groups excluding carboxylic acids is 2. The zero-order valence-corrected chi connectivity index (χ0v) is 18.3. The molecule has 3 rings (SSSR count). The Labute approximate surface area is 178 Å². The molecule has 1 aromatic carbocycles. The standard InChI is InChI=1S/C23H32N4O3/c1-5-17(2)26(23(29)24-20-10-6-7-11-21(20)30-4)16-22(28)27(18-12-13-18)15-19-9-8-14-25(19)3/h6-11,14,17-18H,5,12-13,15-16H2,1-4H3,(H,24,29)/t17-/m1/s1. The Bertz CT molecular complexity index is 875. The molecule has 1 saturated carbocycles. The molecule has 1 fully saturated rings. The van der Waals surface area contributed by atoms with Gasteiger partial charge < -0.3 is 24.4 Å². The number of urea groups is 1. The van der Waals surface area contributed by atoms with E-state index in [9.17, 15) is 9.59 Å². The van der Waals surface area contributed by atoms with Crippen molar-refractivity contribution in [3.8, 4) is 5.75 Å². The molecular formula is C23H32N4O3. The fraction of sp³-hybridized carbons (Fsp3) is 0.478. The fourth-order valence-electron chi connectivity index (χ4n) is 3.46. The molecule has 1 aromatic heterocycles. The second-order valence-electron chi connectivity index (χ2n) is 7.88. The van der Waals surface area contributed by atoms with Crippen molar-refractivity contribution in [2.45, 2.75) is 51.7 Å². The Morgan fingerprint density at radius 2 is 1.97 bits per heavy atom. The van der Waals surface area contributed by atoms with Crippen molar-refractivity contribution in [1.82, 2.24) is 14.4 Å². The molecule has 1 heterocycles. The number of para-hydroxylation sites is 2. The predicted octanol–water partition coefficient (Wildman–Crippen LogP) is 3.86. The maximum absolute atomic E-state index is 13.2. The molecule has 0 bridgehead atoms. The maximum Gasteiger partial charge on any atom is 0.322 e. The lowest BCUT2D eigenvalue weighted by atomic mass is 10.2. The van der Waals surface area contributed by atoms with E-state index in [4.69, 9.17) is 4.74 Å². The van der Waals surface area contributed by atoms with Gasteiger partial charge in [0, 0.05) is 31.0 Å². The molecule has 0 saturated heterocycles. The Kier molecular flexibility index (Phi) is 7.03. The Morgan fingerprint density at radius 1 is 1.23 bits per heavy atom. The van der Waals surface area contributed by atoms with Crippen LogP contribution in [-0.4, -0.2) is 52.0 Å². The zero-order valence-electron chi connectivity index (χ0n) is 18.3. The predicted molar refractivity (Wildman–Crippen MR) is 117 cm³/mol. The largest absolute Gasteiger partial charge is 0.495 e. The number of amides is 3. The Morgan fingerprint density at radius 3 is 2.57 bits per heavy atom. The molecule has 2 aromatic rings. The van der Waals surface area contributed by atoms with Crippen LogP contribution in [-0.2, 0) is 18.4 Å². The zero-order chi connectivity index (χ0) is 21.7. The van der Waals surface area contributed by atoms with E-state index in [1.807, 2.05) is 60.8 Å². The van der Waals surface area contributed by atoms with Crippen molar-refractivity contribution in [2.75, 3.05) is 19.0 Å². The van der Waals surface area contributed by atoms with E-state index in [0.29, 0.717) is 18.0 Å². The molecule has 7 nitrogen and oxygen atoms in total. The summed E-state index contributed by atoms with van der Waals surface area (Å²) in [6, 6.07) is 11.2. The number of aryl methyl sites for hydroxylation is 1. The van der Waals surface area contributed by atoms with Gasteiger partial charge in [-0.1, -0.05) is 19.1 Å². The van der Waals surface area contributed by atoms with Gasteiger partial charge in [-0.3, -0.25) is 4.79 Å². The summed E-state index contributed by atoms with van der Waals surface area (Å²) in [5, 5.41) is 2.91. The monoisotopic (exact) mass is 412 g/mol. The van der Waals surface area contributed by atoms with Crippen molar-refractivity contribution >= 4 is 17.6 Å². The smallest absolute Gasteiger partial charge is 0.322 e. The van der Waals surface area contributed by atoms with Gasteiger partial charge in [0.1, 0.15) is 12.3 Å². The van der Waals surface area contributed by atoms with Crippen LogP contribution in [0.2, 0.25) is 0 Å². The second-order valence-corrected chi connectivity index (χ2v) is 7.88. The Balaban J connectivity index is 1.73. The molecule has 1 atom stereocenters. The lowest BCUT2D eigenvalue weighted by Crippen LogP contribution is -2.48. The van der Waals surface area contributed by atoms with Gasteiger partial charge in [0.2, 0.25) is 5.91 Å². The minimum Gasteiger partial charge on any atom is -0.495 e. The normalized spacial score (nSPS) is 14.1. The number of hydrogen-bond donors (Lipinski definition) is 1. The van der Waals surface area contributed by atoms with Crippen molar-refractivity contribution in [3.05, 3.63) is 48.3 Å². The van der Waals surface area contributed by atoms with E-state index in [1.165, 1.54) is 0 Å². The first-order valence-corrected chi connectivity index (χ1v) is 10.5. The van der Waals surface area contributed by atoms with Gasteiger partial charge in [0.05, 0.1) is 19.3 Å². The average Bonchev–Trinajstić information content (AvgIpc) is 3.51. The summed E-state index contributed by atoms with van der Waals surface area (Å²) in [5.74, 6) is 0.568. The van der Waals surface area contributed by atoms with Crippen LogP contribution >= 0.6 is 0 Å². The summed E-state index contributed by atoms with van der Waals surface area (Å²) < 4.78 is 7.36. The molecule has 0 aliphatic heterocycles. The number of anilines is 1. The van der Waals surface area contributed by atoms with Crippen molar-refractivity contribution in [3.63, 3.8) is 0 Å². The van der Waals surface area contributed by atoms with Gasteiger partial charge in [-0.15, -0.1) is 0 Å². The third kappa shape index (κ3) is 5.14. The van der Waals surface area contributed by atoms with Gasteiger partial charge in [0.25, 0.3) is 0 Å². The molecule has 1 N–H and O–H groups in total. The quantitative estimate of drug-likeness (QED) is 0.680. The number of rotatable bonds is 9. The number of nitrogens with one attached hydrogen (secondary N) is 1. The number of methoxy groups -OCH3 is 1. The molecule has 0 radical (unpaired) electrons. The third-order valence-corrected chi connectivity index (χ3v) is 5.73. The summed E-state index contributed by atoms with van der Waals surface area (Å²) in [4.78, 5) is 29.9. The van der Waals surface area contributed by atoms with E-state index < -0.39 is 0 Å². The highest BCUT2D eigenvalue weighted by atomic mass is 16.5. The highest BCUT2D eigenvalue weighted by Gasteiger charge is 2.35. The number of hydrogen-bond acceptors (Lipinski definition) is 3. The summed E-state index contributed by atoms with van der Waals surface area (Å²) in [6.45, 7) is 4.60. The van der Waals surface area contributed by atoms with Crippen LogP contribution in [0.1, 0.15) is 38.8 Å². The van der Waals surface area contributed by atoms with Gasteiger partial charge in [-0.25, -0.2) is 4.79 Å². The first-order valence-electron chi connectivity index (χ1n) is 10.5. The van der Waals surface area contributed by atoms with Crippen molar-refractivity contribution in [1.29, 1.82) is 0 Å². The number of carbonyl (C=O) groups is 2. The summed E-state index contributed by atoms with van der Waals surface area (Å²) in [6.07, 6.45) is 4.78. The van der Waals surface area contributed by atoms with Crippen LogP contribution in [0.3, 0.4) is 0 Å². The van der Waals surface area contributed by atoms with E-state index >= 15 is 0 Å². The van der Waals surface area contributed by atoms with E-state index in [1.54, 1.807) is 24.1 Å². The highest BCUT2D eigenvalue weighted by Crippen LogP contribution is 2.29. The fourth-order valence-corrected chi connectivity index (χ4v) is 3.46.